The molecule has 0 aromatic carbocycles. The van der Waals surface area contributed by atoms with E-state index in [-0.39, 0.29) is 0 Å². The van der Waals surface area contributed by atoms with Crippen LogP contribution in [0, 0.1) is 0 Å². The lowest BCUT2D eigenvalue weighted by Crippen LogP contribution is -2.33. The van der Waals surface area contributed by atoms with Crippen LogP contribution < -0.4 is 10.6 Å². The number of hydrogen-bond donors (Lipinski definition) is 2. The van der Waals surface area contributed by atoms with E-state index in [9.17, 15) is 0 Å². The van der Waals surface area contributed by atoms with Crippen molar-refractivity contribution in [3.63, 3.8) is 0 Å². The molecule has 0 unspecified atom stereocenters. The molecule has 0 saturated carbocycles. The molecule has 1 saturated heterocycles. The van der Waals surface area contributed by atoms with Gasteiger partial charge in [0.15, 0.2) is 0 Å². The zero-order chi connectivity index (χ0) is 17.5. The normalized spacial score (nSPS) is 22.3. The minimum atomic E-state index is 0.702. The average Bonchev–Trinajstić information content (AvgIpc) is 3.15. The average molecular weight is 358 g/mol. The molecule has 0 amide bonds. The van der Waals surface area contributed by atoms with Crippen molar-refractivity contribution in [2.45, 2.75) is 19.3 Å². The van der Waals surface area contributed by atoms with Crippen molar-refractivity contribution in [2.24, 2.45) is 9.98 Å². The van der Waals surface area contributed by atoms with Crippen LogP contribution in [-0.2, 0) is 0 Å². The minimum absolute atomic E-state index is 0.702. The number of nitrogens with one attached hydrogen (secondary N) is 2. The molecular formula is C19H24ClN5. The molecule has 6 heteroatoms. The van der Waals surface area contributed by atoms with Crippen LogP contribution in [0.15, 0.2) is 68.8 Å². The van der Waals surface area contributed by atoms with Gasteiger partial charge in [-0.15, -0.1) is 0 Å². The van der Waals surface area contributed by atoms with Gasteiger partial charge in [0.05, 0.1) is 23.0 Å². The Hall–Kier alpha value is -2.27. The number of allylic oxidation sites excluding steroid dienone is 2. The van der Waals surface area contributed by atoms with Crippen molar-refractivity contribution in [2.75, 3.05) is 26.2 Å². The smallest absolute Gasteiger partial charge is 0.0782 e. The van der Waals surface area contributed by atoms with E-state index in [0.29, 0.717) is 6.54 Å². The van der Waals surface area contributed by atoms with Gasteiger partial charge in [-0.1, -0.05) is 23.8 Å². The van der Waals surface area contributed by atoms with E-state index in [1.165, 1.54) is 18.4 Å². The number of halogens is 1. The van der Waals surface area contributed by atoms with Crippen LogP contribution in [0.5, 0.6) is 0 Å². The van der Waals surface area contributed by atoms with Gasteiger partial charge in [-0.05, 0) is 31.2 Å². The van der Waals surface area contributed by atoms with Crippen LogP contribution in [-0.4, -0.2) is 43.5 Å². The molecule has 3 rings (SSSR count). The third kappa shape index (κ3) is 4.63. The maximum Gasteiger partial charge on any atom is 0.0782 e. The molecule has 132 valence electrons. The molecule has 0 spiro atoms. The van der Waals surface area contributed by atoms with Crippen molar-refractivity contribution in [3.8, 4) is 0 Å². The van der Waals surface area contributed by atoms with E-state index < -0.39 is 0 Å². The molecule has 0 aromatic heterocycles. The zero-order valence-corrected chi connectivity index (χ0v) is 15.1. The molecule has 25 heavy (non-hydrogen) atoms. The Kier molecular flexibility index (Phi) is 6.12. The largest absolute Gasteiger partial charge is 0.384 e. The summed E-state index contributed by atoms with van der Waals surface area (Å²) in [5.74, 6) is 0. The summed E-state index contributed by atoms with van der Waals surface area (Å²) >= 11 is 6.49. The summed E-state index contributed by atoms with van der Waals surface area (Å²) in [6.07, 6.45) is 14.9. The second-order valence-corrected chi connectivity index (χ2v) is 6.61. The lowest BCUT2D eigenvalue weighted by Gasteiger charge is -2.29. The summed E-state index contributed by atoms with van der Waals surface area (Å²) in [6.45, 7) is 7.03. The quantitative estimate of drug-likeness (QED) is 0.718. The summed E-state index contributed by atoms with van der Waals surface area (Å²) in [6, 6.07) is 0. The summed E-state index contributed by atoms with van der Waals surface area (Å²) in [4.78, 5) is 10.4. The highest BCUT2D eigenvalue weighted by molar-refractivity contribution is 6.30. The summed E-state index contributed by atoms with van der Waals surface area (Å²) in [7, 11) is 0. The highest BCUT2D eigenvalue weighted by Gasteiger charge is 2.23. The van der Waals surface area contributed by atoms with E-state index in [4.69, 9.17) is 11.6 Å². The first kappa shape index (κ1) is 17.5. The maximum absolute atomic E-state index is 6.49. The Morgan fingerprint density at radius 2 is 2.12 bits per heavy atom. The Balaban J connectivity index is 1.59. The molecule has 0 radical (unpaired) electrons. The molecule has 0 bridgehead atoms. The predicted octanol–water partition coefficient (Wildman–Crippen LogP) is 3.07. The van der Waals surface area contributed by atoms with Crippen molar-refractivity contribution in [1.29, 1.82) is 0 Å². The molecule has 2 aliphatic heterocycles. The van der Waals surface area contributed by atoms with Gasteiger partial charge in [0.2, 0.25) is 0 Å². The third-order valence-corrected chi connectivity index (χ3v) is 4.71. The molecule has 0 aromatic rings. The van der Waals surface area contributed by atoms with Crippen LogP contribution in [0.1, 0.15) is 19.3 Å². The van der Waals surface area contributed by atoms with Crippen LogP contribution in [0.2, 0.25) is 0 Å². The first-order valence-corrected chi connectivity index (χ1v) is 9.02. The van der Waals surface area contributed by atoms with Crippen molar-refractivity contribution in [1.82, 2.24) is 15.5 Å². The number of aliphatic imine (C=N–C) groups is 2. The topological polar surface area (TPSA) is 52.0 Å². The lowest BCUT2D eigenvalue weighted by atomic mass is 10.1. The van der Waals surface area contributed by atoms with E-state index in [1.54, 1.807) is 12.4 Å². The minimum Gasteiger partial charge on any atom is -0.384 e. The number of hydrogen-bond acceptors (Lipinski definition) is 5. The van der Waals surface area contributed by atoms with E-state index in [0.717, 1.165) is 48.2 Å². The first-order chi connectivity index (χ1) is 12.3. The Bertz CT molecular complexity index is 691. The molecule has 2 heterocycles. The highest BCUT2D eigenvalue weighted by atomic mass is 35.5. The maximum atomic E-state index is 6.49. The molecule has 1 aliphatic carbocycles. The van der Waals surface area contributed by atoms with Crippen LogP contribution in [0.3, 0.4) is 0 Å². The van der Waals surface area contributed by atoms with E-state index in [1.807, 2.05) is 12.3 Å². The number of nitrogens with zero attached hydrogens (tertiary/aromatic N) is 3. The first-order valence-electron chi connectivity index (χ1n) is 8.64. The number of likely N-dealkylation sites (tertiary alicyclic amines) is 1. The predicted molar refractivity (Wildman–Crippen MR) is 106 cm³/mol. The summed E-state index contributed by atoms with van der Waals surface area (Å²) < 4.78 is 0. The molecule has 2 N–H and O–H groups in total. The SMILES string of the molecule is C=N/C=C\N=C1C=CC(CNC2=CNCC(Cl)=C2N2CCCC2)=CC1. The fraction of sp³-hybridized carbons (Fsp3) is 0.368. The molecular weight excluding hydrogens is 334 g/mol. The Labute approximate surface area is 154 Å². The molecule has 1 fully saturated rings. The van der Waals surface area contributed by atoms with E-state index >= 15 is 0 Å². The van der Waals surface area contributed by atoms with Crippen LogP contribution >= 0.6 is 11.6 Å². The summed E-state index contributed by atoms with van der Waals surface area (Å²) in [5.41, 5.74) is 4.49. The van der Waals surface area contributed by atoms with Crippen molar-refractivity contribution in [3.05, 3.63) is 58.8 Å². The fourth-order valence-electron chi connectivity index (χ4n) is 3.13. The number of rotatable bonds is 6. The van der Waals surface area contributed by atoms with Crippen molar-refractivity contribution < 1.29 is 0 Å². The summed E-state index contributed by atoms with van der Waals surface area (Å²) in [5, 5.41) is 7.66. The zero-order valence-electron chi connectivity index (χ0n) is 14.3. The molecule has 0 atom stereocenters. The van der Waals surface area contributed by atoms with Gasteiger partial charge in [-0.2, -0.15) is 0 Å². The van der Waals surface area contributed by atoms with Gasteiger partial charge in [0, 0.05) is 50.4 Å². The fourth-order valence-corrected chi connectivity index (χ4v) is 3.43. The second-order valence-electron chi connectivity index (χ2n) is 6.16. The Morgan fingerprint density at radius 3 is 2.84 bits per heavy atom. The second kappa shape index (κ2) is 8.72. The number of dihydropyridines is 1. The highest BCUT2D eigenvalue weighted by Crippen LogP contribution is 2.26. The van der Waals surface area contributed by atoms with Gasteiger partial charge < -0.3 is 15.5 Å². The van der Waals surface area contributed by atoms with Crippen LogP contribution in [0.4, 0.5) is 0 Å². The standard InChI is InChI=1S/C19H24ClN5/c1-21-8-9-23-16-6-4-15(5-7-16)12-24-18-14-22-13-17(20)19(18)25-10-2-3-11-25/h4-6,8-9,14,22,24H,1-3,7,10-13H2/b9-8-,23-16?. The van der Waals surface area contributed by atoms with Gasteiger partial charge in [-0.3, -0.25) is 9.98 Å². The van der Waals surface area contributed by atoms with Crippen molar-refractivity contribution >= 4 is 24.0 Å². The van der Waals surface area contributed by atoms with Gasteiger partial charge in [0.25, 0.3) is 0 Å². The molecule has 5 nitrogen and oxygen atoms in total. The lowest BCUT2D eigenvalue weighted by molar-refractivity contribution is 0.421. The third-order valence-electron chi connectivity index (χ3n) is 4.40. The van der Waals surface area contributed by atoms with E-state index in [2.05, 4.69) is 44.4 Å². The van der Waals surface area contributed by atoms with Crippen LogP contribution in [0.25, 0.3) is 0 Å². The monoisotopic (exact) mass is 357 g/mol. The van der Waals surface area contributed by atoms with Gasteiger partial charge in [0.1, 0.15) is 0 Å². The Morgan fingerprint density at radius 1 is 1.28 bits per heavy atom. The van der Waals surface area contributed by atoms with Gasteiger partial charge >= 0.3 is 0 Å². The van der Waals surface area contributed by atoms with Gasteiger partial charge in [-0.25, -0.2) is 0 Å². The molecule has 3 aliphatic rings.